The van der Waals surface area contributed by atoms with Crippen LogP contribution in [0.25, 0.3) is 0 Å². The van der Waals surface area contributed by atoms with E-state index in [9.17, 15) is 0 Å². The predicted octanol–water partition coefficient (Wildman–Crippen LogP) is 3.94. The Balaban J connectivity index is 1.75. The number of ether oxygens (including phenoxy) is 1. The molecule has 5 heteroatoms. The topological polar surface area (TPSA) is 38.0 Å². The van der Waals surface area contributed by atoms with Gasteiger partial charge in [0.05, 0.1) is 29.6 Å². The highest BCUT2D eigenvalue weighted by Gasteiger charge is 2.18. The Hall–Kier alpha value is -1.59. The van der Waals surface area contributed by atoms with Crippen molar-refractivity contribution in [3.63, 3.8) is 0 Å². The Morgan fingerprint density at radius 3 is 2.62 bits per heavy atom. The number of benzene rings is 1. The van der Waals surface area contributed by atoms with Crippen LogP contribution in [0, 0.1) is 6.92 Å². The molecular formula is C16H17BrN2O2. The molecule has 1 aliphatic heterocycles. The lowest BCUT2D eigenvalue weighted by molar-refractivity contribution is 0.120. The summed E-state index contributed by atoms with van der Waals surface area (Å²) < 4.78 is 12.2. The average Bonchev–Trinajstić information content (AvgIpc) is 2.89. The first-order valence-electron chi connectivity index (χ1n) is 6.95. The van der Waals surface area contributed by atoms with Gasteiger partial charge in [0.15, 0.2) is 0 Å². The molecular weight excluding hydrogens is 332 g/mol. The summed E-state index contributed by atoms with van der Waals surface area (Å²) in [4.78, 5) is 6.61. The van der Waals surface area contributed by atoms with Gasteiger partial charge in [-0.05, 0) is 35.0 Å². The van der Waals surface area contributed by atoms with Crippen molar-refractivity contribution < 1.29 is 9.15 Å². The molecule has 0 spiro atoms. The van der Waals surface area contributed by atoms with Gasteiger partial charge in [-0.25, -0.2) is 0 Å². The Labute approximate surface area is 132 Å². The Kier molecular flexibility index (Phi) is 4.41. The number of anilines is 1. The van der Waals surface area contributed by atoms with Gasteiger partial charge in [0.2, 0.25) is 5.88 Å². The Morgan fingerprint density at radius 2 is 1.90 bits per heavy atom. The number of aliphatic imine (C=N–C) groups is 1. The van der Waals surface area contributed by atoms with Crippen molar-refractivity contribution >= 4 is 33.7 Å². The van der Waals surface area contributed by atoms with E-state index < -0.39 is 0 Å². The zero-order valence-corrected chi connectivity index (χ0v) is 13.5. The number of aryl methyl sites for hydroxylation is 1. The highest BCUT2D eigenvalue weighted by atomic mass is 79.9. The highest BCUT2D eigenvalue weighted by Crippen LogP contribution is 2.30. The van der Waals surface area contributed by atoms with E-state index in [1.54, 1.807) is 6.21 Å². The summed E-state index contributed by atoms with van der Waals surface area (Å²) in [5.41, 5.74) is 2.14. The molecule has 0 radical (unpaired) electrons. The molecule has 21 heavy (non-hydrogen) atoms. The number of hydrogen-bond donors (Lipinski definition) is 0. The first-order chi connectivity index (χ1) is 10.2. The van der Waals surface area contributed by atoms with Crippen molar-refractivity contribution in [3.05, 3.63) is 46.1 Å². The van der Waals surface area contributed by atoms with Crippen molar-refractivity contribution in [2.45, 2.75) is 6.92 Å². The molecule has 0 bridgehead atoms. The first-order valence-corrected chi connectivity index (χ1v) is 7.74. The quantitative estimate of drug-likeness (QED) is 0.788. The van der Waals surface area contributed by atoms with Crippen LogP contribution in [0.2, 0.25) is 0 Å². The lowest BCUT2D eigenvalue weighted by Gasteiger charge is -2.26. The largest absolute Gasteiger partial charge is 0.438 e. The van der Waals surface area contributed by atoms with Gasteiger partial charge in [-0.3, -0.25) is 4.99 Å². The molecule has 1 fully saturated rings. The van der Waals surface area contributed by atoms with Crippen LogP contribution in [-0.2, 0) is 4.74 Å². The fourth-order valence-electron chi connectivity index (χ4n) is 2.19. The minimum Gasteiger partial charge on any atom is -0.438 e. The van der Waals surface area contributed by atoms with Crippen LogP contribution in [0.4, 0.5) is 11.6 Å². The monoisotopic (exact) mass is 348 g/mol. The fraction of sp³-hybridized carbons (Fsp3) is 0.312. The molecule has 0 unspecified atom stereocenters. The number of morpholine rings is 1. The van der Waals surface area contributed by atoms with Crippen molar-refractivity contribution in [1.82, 2.24) is 0 Å². The molecule has 0 aliphatic carbocycles. The van der Waals surface area contributed by atoms with Crippen molar-refractivity contribution in [3.8, 4) is 0 Å². The van der Waals surface area contributed by atoms with Crippen LogP contribution in [0.15, 0.2) is 44.2 Å². The molecule has 3 rings (SSSR count). The molecule has 1 aliphatic rings. The standard InChI is InChI=1S/C16H17BrN2O2/c1-12-2-4-13(5-3-12)18-11-14-10-15(17)16(21-14)19-6-8-20-9-7-19/h2-5,10-11H,6-9H2,1H3. The van der Waals surface area contributed by atoms with Gasteiger partial charge in [-0.1, -0.05) is 17.7 Å². The van der Waals surface area contributed by atoms with E-state index in [-0.39, 0.29) is 0 Å². The number of halogens is 1. The summed E-state index contributed by atoms with van der Waals surface area (Å²) in [6.07, 6.45) is 1.75. The van der Waals surface area contributed by atoms with Crippen molar-refractivity contribution in [1.29, 1.82) is 0 Å². The molecule has 0 saturated carbocycles. The summed E-state index contributed by atoms with van der Waals surface area (Å²) in [5.74, 6) is 1.59. The number of rotatable bonds is 3. The highest BCUT2D eigenvalue weighted by molar-refractivity contribution is 9.10. The van der Waals surface area contributed by atoms with Gasteiger partial charge in [-0.2, -0.15) is 0 Å². The molecule has 1 aromatic heterocycles. The third-order valence-corrected chi connectivity index (χ3v) is 3.93. The molecule has 0 amide bonds. The third kappa shape index (κ3) is 3.54. The van der Waals surface area contributed by atoms with E-state index in [0.29, 0.717) is 0 Å². The zero-order chi connectivity index (χ0) is 14.7. The molecule has 2 aromatic rings. The van der Waals surface area contributed by atoms with Gasteiger partial charge < -0.3 is 14.1 Å². The van der Waals surface area contributed by atoms with Crippen LogP contribution >= 0.6 is 15.9 Å². The Bertz CT molecular complexity index is 628. The van der Waals surface area contributed by atoms with Gasteiger partial charge in [0.25, 0.3) is 0 Å². The van der Waals surface area contributed by atoms with E-state index >= 15 is 0 Å². The van der Waals surface area contributed by atoms with Crippen LogP contribution in [-0.4, -0.2) is 32.5 Å². The van der Waals surface area contributed by atoms with E-state index in [1.807, 2.05) is 30.3 Å². The summed E-state index contributed by atoms with van der Waals surface area (Å²) >= 11 is 3.55. The maximum absolute atomic E-state index is 5.87. The Morgan fingerprint density at radius 1 is 1.19 bits per heavy atom. The van der Waals surface area contributed by atoms with Crippen LogP contribution < -0.4 is 4.90 Å². The SMILES string of the molecule is Cc1ccc(N=Cc2cc(Br)c(N3CCOCC3)o2)cc1. The molecule has 1 aromatic carbocycles. The first kappa shape index (κ1) is 14.4. The summed E-state index contributed by atoms with van der Waals surface area (Å²) in [6, 6.07) is 10.0. The smallest absolute Gasteiger partial charge is 0.210 e. The summed E-state index contributed by atoms with van der Waals surface area (Å²) in [6.45, 7) is 5.23. The van der Waals surface area contributed by atoms with Gasteiger partial charge in [0.1, 0.15) is 5.76 Å². The minimum absolute atomic E-state index is 0.736. The summed E-state index contributed by atoms with van der Waals surface area (Å²) in [5, 5.41) is 0. The van der Waals surface area contributed by atoms with Gasteiger partial charge >= 0.3 is 0 Å². The second-order valence-corrected chi connectivity index (χ2v) is 5.85. The number of furan rings is 1. The molecule has 0 N–H and O–H groups in total. The maximum Gasteiger partial charge on any atom is 0.210 e. The van der Waals surface area contributed by atoms with E-state index in [2.05, 4.69) is 32.7 Å². The molecule has 110 valence electrons. The predicted molar refractivity (Wildman–Crippen MR) is 87.9 cm³/mol. The van der Waals surface area contributed by atoms with Crippen molar-refractivity contribution in [2.75, 3.05) is 31.2 Å². The average molecular weight is 349 g/mol. The number of hydrogen-bond acceptors (Lipinski definition) is 4. The third-order valence-electron chi connectivity index (χ3n) is 3.36. The lowest BCUT2D eigenvalue weighted by Crippen LogP contribution is -2.36. The second-order valence-electron chi connectivity index (χ2n) is 5.00. The fourth-order valence-corrected chi connectivity index (χ4v) is 2.75. The molecule has 0 atom stereocenters. The van der Waals surface area contributed by atoms with Crippen LogP contribution in [0.1, 0.15) is 11.3 Å². The van der Waals surface area contributed by atoms with E-state index in [4.69, 9.17) is 9.15 Å². The van der Waals surface area contributed by atoms with E-state index in [0.717, 1.165) is 48.1 Å². The summed E-state index contributed by atoms with van der Waals surface area (Å²) in [7, 11) is 0. The van der Waals surface area contributed by atoms with Gasteiger partial charge in [-0.15, -0.1) is 0 Å². The zero-order valence-electron chi connectivity index (χ0n) is 11.9. The molecule has 4 nitrogen and oxygen atoms in total. The van der Waals surface area contributed by atoms with Crippen LogP contribution in [0.3, 0.4) is 0 Å². The maximum atomic E-state index is 5.87. The molecule has 2 heterocycles. The van der Waals surface area contributed by atoms with Gasteiger partial charge in [0, 0.05) is 19.2 Å². The lowest BCUT2D eigenvalue weighted by atomic mass is 10.2. The van der Waals surface area contributed by atoms with Crippen molar-refractivity contribution in [2.24, 2.45) is 4.99 Å². The minimum atomic E-state index is 0.736. The second kappa shape index (κ2) is 6.45. The number of nitrogens with zero attached hydrogens (tertiary/aromatic N) is 2. The molecule has 1 saturated heterocycles. The normalized spacial score (nSPS) is 15.8. The van der Waals surface area contributed by atoms with E-state index in [1.165, 1.54) is 5.56 Å². The van der Waals surface area contributed by atoms with Crippen LogP contribution in [0.5, 0.6) is 0 Å².